The second-order valence-electron chi connectivity index (χ2n) is 6.96. The topological polar surface area (TPSA) is 118 Å². The number of methoxy groups -OCH3 is 5. The number of carbonyl (C=O) groups excluding carboxylic acids is 2. The first-order valence-electron chi connectivity index (χ1n) is 10.3. The van der Waals surface area contributed by atoms with Crippen molar-refractivity contribution in [3.63, 3.8) is 0 Å². The van der Waals surface area contributed by atoms with Gasteiger partial charge in [-0.2, -0.15) is 0 Å². The third kappa shape index (κ3) is 6.76. The van der Waals surface area contributed by atoms with Gasteiger partial charge in [0.25, 0.3) is 0 Å². The third-order valence-electron chi connectivity index (χ3n) is 4.96. The van der Waals surface area contributed by atoms with Gasteiger partial charge in [-0.1, -0.05) is 0 Å². The number of carboxylic acid groups (broad SMARTS) is 1. The van der Waals surface area contributed by atoms with E-state index in [2.05, 4.69) is 15.9 Å². The van der Waals surface area contributed by atoms with Crippen LogP contribution in [0.4, 0.5) is 0 Å². The monoisotopic (exact) mass is 560 g/mol. The van der Waals surface area contributed by atoms with E-state index in [0.717, 1.165) is 0 Å². The van der Waals surface area contributed by atoms with Crippen LogP contribution < -0.4 is 14.2 Å². The number of hydrogen-bond donors (Lipinski definition) is 1. The number of carboxylic acids is 1. The second-order valence-corrected chi connectivity index (χ2v) is 7.81. The van der Waals surface area contributed by atoms with Crippen LogP contribution in [-0.2, 0) is 9.47 Å². The molecular weight excluding hydrogens is 536 g/mol. The van der Waals surface area contributed by atoms with Gasteiger partial charge in [0, 0.05) is 15.6 Å². The highest BCUT2D eigenvalue weighted by molar-refractivity contribution is 9.10. The molecule has 10 heteroatoms. The Hall–Kier alpha value is -4.05. The Labute approximate surface area is 216 Å². The molecule has 3 aromatic carbocycles. The van der Waals surface area contributed by atoms with E-state index in [0.29, 0.717) is 44.0 Å². The maximum absolute atomic E-state index is 12.1. The van der Waals surface area contributed by atoms with Gasteiger partial charge in [0.15, 0.2) is 0 Å². The molecule has 1 N–H and O–H groups in total. The minimum Gasteiger partial charge on any atom is -0.497 e. The first-order valence-corrected chi connectivity index (χ1v) is 11.1. The van der Waals surface area contributed by atoms with E-state index in [4.69, 9.17) is 28.8 Å². The fourth-order valence-corrected chi connectivity index (χ4v) is 3.65. The molecule has 0 unspecified atom stereocenters. The molecule has 3 rings (SSSR count). The third-order valence-corrected chi connectivity index (χ3v) is 5.62. The summed E-state index contributed by atoms with van der Waals surface area (Å²) in [5.74, 6) is -0.290. The molecular formula is C26H25BrO9. The van der Waals surface area contributed by atoms with Crippen molar-refractivity contribution in [1.82, 2.24) is 0 Å². The summed E-state index contributed by atoms with van der Waals surface area (Å²) in [5.41, 5.74) is 1.81. The lowest BCUT2D eigenvalue weighted by Gasteiger charge is -2.14. The van der Waals surface area contributed by atoms with Gasteiger partial charge in [0.05, 0.1) is 52.2 Å². The van der Waals surface area contributed by atoms with Gasteiger partial charge in [-0.15, -0.1) is 0 Å². The van der Waals surface area contributed by atoms with Crippen molar-refractivity contribution in [2.75, 3.05) is 35.5 Å². The summed E-state index contributed by atoms with van der Waals surface area (Å²) < 4.78 is 25.5. The molecule has 0 aliphatic rings. The molecule has 0 spiro atoms. The highest BCUT2D eigenvalue weighted by Gasteiger charge is 2.21. The number of hydrogen-bond acceptors (Lipinski definition) is 8. The number of carbonyl (C=O) groups is 3. The first-order chi connectivity index (χ1) is 17.2. The van der Waals surface area contributed by atoms with Crippen LogP contribution in [0.3, 0.4) is 0 Å². The maximum Gasteiger partial charge on any atom is 0.338 e. The van der Waals surface area contributed by atoms with Crippen molar-refractivity contribution in [3.05, 3.63) is 75.8 Å². The summed E-state index contributed by atoms with van der Waals surface area (Å²) in [5, 5.41) is 8.66. The predicted octanol–water partition coefficient (Wildman–Crippen LogP) is 5.10. The minimum atomic E-state index is -0.954. The second kappa shape index (κ2) is 13.1. The zero-order valence-corrected chi connectivity index (χ0v) is 21.9. The Kier molecular flexibility index (Phi) is 10.3. The SMILES string of the molecule is COC(=O)c1ccc(OC)cc1-c1cc(OC)ccc1C(=O)OC.COc1ccc(C(=O)O)c(Br)c1. The molecule has 0 atom stereocenters. The van der Waals surface area contributed by atoms with Gasteiger partial charge in [-0.3, -0.25) is 0 Å². The molecule has 3 aromatic rings. The molecule has 0 saturated heterocycles. The quantitative estimate of drug-likeness (QED) is 0.393. The van der Waals surface area contributed by atoms with Crippen LogP contribution in [0.5, 0.6) is 17.2 Å². The first kappa shape index (κ1) is 28.2. The molecule has 36 heavy (non-hydrogen) atoms. The van der Waals surface area contributed by atoms with Crippen LogP contribution in [0.25, 0.3) is 11.1 Å². The van der Waals surface area contributed by atoms with Gasteiger partial charge < -0.3 is 28.8 Å². The fourth-order valence-electron chi connectivity index (χ4n) is 3.12. The van der Waals surface area contributed by atoms with Crippen molar-refractivity contribution in [2.24, 2.45) is 0 Å². The number of halogens is 1. The summed E-state index contributed by atoms with van der Waals surface area (Å²) in [6.07, 6.45) is 0. The van der Waals surface area contributed by atoms with Crippen LogP contribution in [0.15, 0.2) is 59.1 Å². The lowest BCUT2D eigenvalue weighted by molar-refractivity contribution is 0.0590. The van der Waals surface area contributed by atoms with Gasteiger partial charge >= 0.3 is 17.9 Å². The lowest BCUT2D eigenvalue weighted by atomic mass is 9.94. The maximum atomic E-state index is 12.1. The number of benzene rings is 3. The van der Waals surface area contributed by atoms with Crippen molar-refractivity contribution >= 4 is 33.8 Å². The number of aromatic carboxylic acids is 1. The Bertz CT molecular complexity index is 1190. The van der Waals surface area contributed by atoms with Gasteiger partial charge in [-0.25, -0.2) is 14.4 Å². The highest BCUT2D eigenvalue weighted by Crippen LogP contribution is 2.34. The van der Waals surface area contributed by atoms with Crippen LogP contribution in [-0.4, -0.2) is 58.6 Å². The fraction of sp³-hybridized carbons (Fsp3) is 0.192. The lowest BCUT2D eigenvalue weighted by Crippen LogP contribution is -2.08. The molecule has 0 aliphatic heterocycles. The van der Waals surface area contributed by atoms with Gasteiger partial charge in [0.2, 0.25) is 0 Å². The van der Waals surface area contributed by atoms with Crippen LogP contribution in [0, 0.1) is 0 Å². The van der Waals surface area contributed by atoms with E-state index >= 15 is 0 Å². The highest BCUT2D eigenvalue weighted by atomic mass is 79.9. The molecule has 0 bridgehead atoms. The van der Waals surface area contributed by atoms with Crippen molar-refractivity contribution in [1.29, 1.82) is 0 Å². The minimum absolute atomic E-state index is 0.232. The summed E-state index contributed by atoms with van der Waals surface area (Å²) in [7, 11) is 7.15. The Morgan fingerprint density at radius 3 is 1.28 bits per heavy atom. The smallest absolute Gasteiger partial charge is 0.338 e. The van der Waals surface area contributed by atoms with E-state index < -0.39 is 17.9 Å². The summed E-state index contributed by atoms with van der Waals surface area (Å²) in [4.78, 5) is 34.8. The van der Waals surface area contributed by atoms with E-state index in [1.807, 2.05) is 0 Å². The molecule has 0 heterocycles. The van der Waals surface area contributed by atoms with Crippen LogP contribution in [0.1, 0.15) is 31.1 Å². The summed E-state index contributed by atoms with van der Waals surface area (Å²) >= 11 is 3.13. The Balaban J connectivity index is 0.000000319. The molecule has 0 fully saturated rings. The average Bonchev–Trinajstić information content (AvgIpc) is 2.91. The van der Waals surface area contributed by atoms with E-state index in [9.17, 15) is 14.4 Å². The zero-order chi connectivity index (χ0) is 26.8. The Morgan fingerprint density at radius 1 is 0.611 bits per heavy atom. The molecule has 0 aliphatic carbocycles. The average molecular weight is 561 g/mol. The van der Waals surface area contributed by atoms with Crippen LogP contribution in [0.2, 0.25) is 0 Å². The number of ether oxygens (including phenoxy) is 5. The largest absolute Gasteiger partial charge is 0.497 e. The molecule has 0 aromatic heterocycles. The molecule has 0 amide bonds. The standard InChI is InChI=1S/C18H18O6.C8H7BrO3/c1-21-11-5-7-13(17(19)23-3)15(9-11)16-10-12(22-2)6-8-14(16)18(20)24-4;1-12-5-2-3-6(8(10)11)7(9)4-5/h5-10H,1-4H3;2-4H,1H3,(H,10,11). The number of rotatable bonds is 7. The summed E-state index contributed by atoms with van der Waals surface area (Å²) in [6, 6.07) is 14.5. The zero-order valence-electron chi connectivity index (χ0n) is 20.3. The predicted molar refractivity (Wildman–Crippen MR) is 135 cm³/mol. The van der Waals surface area contributed by atoms with Crippen molar-refractivity contribution < 1.29 is 43.2 Å². The van der Waals surface area contributed by atoms with Gasteiger partial charge in [-0.05, 0) is 70.5 Å². The van der Waals surface area contributed by atoms with E-state index in [1.54, 1.807) is 48.5 Å². The van der Waals surface area contributed by atoms with E-state index in [-0.39, 0.29) is 5.56 Å². The van der Waals surface area contributed by atoms with Gasteiger partial charge in [0.1, 0.15) is 17.2 Å². The molecule has 190 valence electrons. The summed E-state index contributed by atoms with van der Waals surface area (Å²) in [6.45, 7) is 0. The Morgan fingerprint density at radius 2 is 0.972 bits per heavy atom. The molecule has 0 radical (unpaired) electrons. The van der Waals surface area contributed by atoms with Crippen molar-refractivity contribution in [2.45, 2.75) is 0 Å². The van der Waals surface area contributed by atoms with Crippen LogP contribution >= 0.6 is 15.9 Å². The molecule has 0 saturated carbocycles. The van der Waals surface area contributed by atoms with E-state index in [1.165, 1.54) is 41.6 Å². The normalized spacial score (nSPS) is 9.83. The van der Waals surface area contributed by atoms with Crippen molar-refractivity contribution in [3.8, 4) is 28.4 Å². The number of esters is 2. The molecule has 9 nitrogen and oxygen atoms in total.